The van der Waals surface area contributed by atoms with Gasteiger partial charge in [-0.15, -0.1) is 0 Å². The van der Waals surface area contributed by atoms with Gasteiger partial charge in [-0.1, -0.05) is 57.6 Å². The molecule has 1 radical (unpaired) electrons. The van der Waals surface area contributed by atoms with E-state index in [1.54, 1.807) is 6.29 Å². The molecule has 0 aromatic rings. The summed E-state index contributed by atoms with van der Waals surface area (Å²) in [5, 5.41) is 8.57. The number of carboxylic acids is 1. The second-order valence-corrected chi connectivity index (χ2v) is 5.03. The maximum atomic E-state index is 10.5. The third-order valence-electron chi connectivity index (χ3n) is 3.15. The first-order valence-corrected chi connectivity index (χ1v) is 7.45. The van der Waals surface area contributed by atoms with Gasteiger partial charge in [-0.3, -0.25) is 9.59 Å². The summed E-state index contributed by atoms with van der Waals surface area (Å²) in [7, 11) is 0. The van der Waals surface area contributed by atoms with Crippen molar-refractivity contribution in [2.45, 2.75) is 71.1 Å². The number of unbranched alkanes of at least 4 members (excludes halogenated alkanes) is 7. The van der Waals surface area contributed by atoms with Gasteiger partial charge < -0.3 is 5.11 Å². The lowest BCUT2D eigenvalue weighted by Gasteiger charge is -2.01. The Balaban J connectivity index is 3.42. The summed E-state index contributed by atoms with van der Waals surface area (Å²) in [6.07, 6.45) is 16.2. The van der Waals surface area contributed by atoms with Crippen molar-refractivity contribution in [3.8, 4) is 0 Å². The zero-order valence-corrected chi connectivity index (χ0v) is 12.1. The molecule has 0 bridgehead atoms. The molecule has 1 unspecified atom stereocenters. The van der Waals surface area contributed by atoms with Crippen LogP contribution in [0.3, 0.4) is 0 Å². The number of carbonyl (C=O) groups is 1. The number of hydrogen-bond acceptors (Lipinski definition) is 2. The van der Waals surface area contributed by atoms with Crippen LogP contribution in [0.25, 0.3) is 0 Å². The molecule has 1 atom stereocenters. The molecular formula is C16H27O3. The molecule has 1 N–H and O–H groups in total. The highest BCUT2D eigenvalue weighted by Crippen LogP contribution is 2.10. The van der Waals surface area contributed by atoms with E-state index >= 15 is 0 Å². The summed E-state index contributed by atoms with van der Waals surface area (Å²) in [6.45, 7) is 2.22. The molecule has 3 nitrogen and oxygen atoms in total. The molecule has 0 fully saturated rings. The van der Waals surface area contributed by atoms with Crippen LogP contribution < -0.4 is 0 Å². The molecule has 3 heteroatoms. The first-order chi connectivity index (χ1) is 9.20. The van der Waals surface area contributed by atoms with Crippen molar-refractivity contribution in [1.29, 1.82) is 0 Å². The largest absolute Gasteiger partial charge is 0.481 e. The third kappa shape index (κ3) is 13.1. The van der Waals surface area contributed by atoms with Gasteiger partial charge in [0.15, 0.2) is 0 Å². The number of carbonyl (C=O) groups excluding carboxylic acids is 1. The molecule has 0 heterocycles. The van der Waals surface area contributed by atoms with Crippen LogP contribution >= 0.6 is 0 Å². The summed E-state index contributed by atoms with van der Waals surface area (Å²) in [5.74, 6) is -1.43. The summed E-state index contributed by atoms with van der Waals surface area (Å²) in [4.78, 5) is 21.0. The molecule has 0 amide bonds. The van der Waals surface area contributed by atoms with Gasteiger partial charge in [-0.2, -0.15) is 0 Å². The molecule has 0 rings (SSSR count). The van der Waals surface area contributed by atoms with Gasteiger partial charge in [-0.05, 0) is 19.3 Å². The molecule has 0 aromatic carbocycles. The van der Waals surface area contributed by atoms with Crippen molar-refractivity contribution >= 4 is 12.3 Å². The van der Waals surface area contributed by atoms with Gasteiger partial charge in [0.1, 0.15) is 0 Å². The van der Waals surface area contributed by atoms with Crippen molar-refractivity contribution in [3.05, 3.63) is 12.2 Å². The van der Waals surface area contributed by atoms with E-state index in [2.05, 4.69) is 13.0 Å². The number of allylic oxidation sites excluding steroid dienone is 2. The SMILES string of the molecule is CCCCCCCCC/C=C/CC([C]=O)CC(=O)O. The third-order valence-corrected chi connectivity index (χ3v) is 3.15. The normalized spacial score (nSPS) is 12.7. The average Bonchev–Trinajstić information content (AvgIpc) is 2.39. The van der Waals surface area contributed by atoms with Gasteiger partial charge in [0.2, 0.25) is 6.29 Å². The molecule has 0 aliphatic rings. The summed E-state index contributed by atoms with van der Waals surface area (Å²) in [6, 6.07) is 0. The predicted octanol–water partition coefficient (Wildman–Crippen LogP) is 4.27. The van der Waals surface area contributed by atoms with E-state index in [0.717, 1.165) is 6.42 Å². The van der Waals surface area contributed by atoms with Crippen LogP contribution in [0, 0.1) is 5.92 Å². The molecular weight excluding hydrogens is 240 g/mol. The van der Waals surface area contributed by atoms with Gasteiger partial charge in [0, 0.05) is 5.92 Å². The summed E-state index contributed by atoms with van der Waals surface area (Å²) >= 11 is 0. The smallest absolute Gasteiger partial charge is 0.304 e. The second kappa shape index (κ2) is 13.3. The van der Waals surface area contributed by atoms with Crippen LogP contribution in [0.5, 0.6) is 0 Å². The molecule has 109 valence electrons. The lowest BCUT2D eigenvalue weighted by atomic mass is 10.0. The minimum Gasteiger partial charge on any atom is -0.481 e. The lowest BCUT2D eigenvalue weighted by Crippen LogP contribution is -2.07. The van der Waals surface area contributed by atoms with E-state index in [1.807, 2.05) is 6.08 Å². The fraction of sp³-hybridized carbons (Fsp3) is 0.750. The van der Waals surface area contributed by atoms with Crippen LogP contribution in [-0.4, -0.2) is 17.4 Å². The van der Waals surface area contributed by atoms with E-state index in [1.165, 1.54) is 44.9 Å². The number of rotatable bonds is 13. The van der Waals surface area contributed by atoms with Gasteiger partial charge >= 0.3 is 5.97 Å². The molecule has 0 aliphatic heterocycles. The minimum atomic E-state index is -0.936. The fourth-order valence-electron chi connectivity index (χ4n) is 1.98. The Morgan fingerprint density at radius 3 is 2.32 bits per heavy atom. The summed E-state index contributed by atoms with van der Waals surface area (Å²) in [5.41, 5.74) is 0. The average molecular weight is 267 g/mol. The molecule has 0 spiro atoms. The topological polar surface area (TPSA) is 54.4 Å². The van der Waals surface area contributed by atoms with Gasteiger partial charge in [0.05, 0.1) is 6.42 Å². The lowest BCUT2D eigenvalue weighted by molar-refractivity contribution is -0.137. The van der Waals surface area contributed by atoms with E-state index in [9.17, 15) is 9.59 Å². The molecule has 19 heavy (non-hydrogen) atoms. The second-order valence-electron chi connectivity index (χ2n) is 5.03. The molecule has 0 aromatic heterocycles. The standard InChI is InChI=1S/C16H27O3/c1-2-3-4-5-6-7-8-9-10-11-12-15(14-17)13-16(18)19/h10-11,15H,2-9,12-13H2,1H3,(H,18,19)/b11-10+. The van der Waals surface area contributed by atoms with Gasteiger partial charge in [0.25, 0.3) is 0 Å². The van der Waals surface area contributed by atoms with Crippen molar-refractivity contribution in [2.75, 3.05) is 0 Å². The Bertz CT molecular complexity index is 259. The Morgan fingerprint density at radius 2 is 1.74 bits per heavy atom. The zero-order chi connectivity index (χ0) is 14.3. The monoisotopic (exact) mass is 267 g/mol. The van der Waals surface area contributed by atoms with E-state index in [4.69, 9.17) is 5.11 Å². The van der Waals surface area contributed by atoms with Crippen LogP contribution in [0.2, 0.25) is 0 Å². The Kier molecular flexibility index (Phi) is 12.5. The predicted molar refractivity (Wildman–Crippen MR) is 77.8 cm³/mol. The number of carboxylic acid groups (broad SMARTS) is 1. The number of hydrogen-bond donors (Lipinski definition) is 1. The van der Waals surface area contributed by atoms with Crippen LogP contribution in [-0.2, 0) is 9.59 Å². The Hall–Kier alpha value is -1.12. The van der Waals surface area contributed by atoms with Crippen LogP contribution in [0.4, 0.5) is 0 Å². The van der Waals surface area contributed by atoms with Crippen LogP contribution in [0.1, 0.15) is 71.1 Å². The van der Waals surface area contributed by atoms with Crippen molar-refractivity contribution in [3.63, 3.8) is 0 Å². The van der Waals surface area contributed by atoms with E-state index in [-0.39, 0.29) is 6.42 Å². The minimum absolute atomic E-state index is 0.120. The maximum Gasteiger partial charge on any atom is 0.304 e. The highest BCUT2D eigenvalue weighted by Gasteiger charge is 2.10. The number of aliphatic carboxylic acids is 1. The Morgan fingerprint density at radius 1 is 1.11 bits per heavy atom. The summed E-state index contributed by atoms with van der Waals surface area (Å²) < 4.78 is 0. The fourth-order valence-corrected chi connectivity index (χ4v) is 1.98. The van der Waals surface area contributed by atoms with Gasteiger partial charge in [-0.25, -0.2) is 0 Å². The van der Waals surface area contributed by atoms with E-state index in [0.29, 0.717) is 6.42 Å². The van der Waals surface area contributed by atoms with Crippen LogP contribution in [0.15, 0.2) is 12.2 Å². The molecule has 0 saturated carbocycles. The first-order valence-electron chi connectivity index (χ1n) is 7.45. The molecule has 0 aliphatic carbocycles. The first kappa shape index (κ1) is 17.9. The van der Waals surface area contributed by atoms with E-state index < -0.39 is 11.9 Å². The quantitative estimate of drug-likeness (QED) is 0.400. The maximum absolute atomic E-state index is 10.5. The van der Waals surface area contributed by atoms with Crippen molar-refractivity contribution in [2.24, 2.45) is 5.92 Å². The highest BCUT2D eigenvalue weighted by molar-refractivity contribution is 5.72. The molecule has 0 saturated heterocycles. The van der Waals surface area contributed by atoms with Crippen molar-refractivity contribution in [1.82, 2.24) is 0 Å². The van der Waals surface area contributed by atoms with Crippen molar-refractivity contribution < 1.29 is 14.7 Å². The highest BCUT2D eigenvalue weighted by atomic mass is 16.4. The Labute approximate surface area is 117 Å². The zero-order valence-electron chi connectivity index (χ0n) is 12.1.